The van der Waals surface area contributed by atoms with Gasteiger partial charge >= 0.3 is 0 Å². The molecule has 2 atom stereocenters. The molecule has 1 aromatic carbocycles. The van der Waals surface area contributed by atoms with Gasteiger partial charge in [-0.25, -0.2) is 0 Å². The van der Waals surface area contributed by atoms with Gasteiger partial charge in [0.2, 0.25) is 0 Å². The fourth-order valence-corrected chi connectivity index (χ4v) is 4.54. The summed E-state index contributed by atoms with van der Waals surface area (Å²) in [6, 6.07) is 7.95. The molecule has 0 aliphatic carbocycles. The molecule has 0 aliphatic heterocycles. The van der Waals surface area contributed by atoms with Crippen LogP contribution in [0, 0.1) is 0 Å². The molecule has 4 nitrogen and oxygen atoms in total. The maximum atomic E-state index is 6.15. The summed E-state index contributed by atoms with van der Waals surface area (Å²) in [4.78, 5) is 0. The van der Waals surface area contributed by atoms with Gasteiger partial charge in [-0.05, 0) is 19.2 Å². The fraction of sp³-hybridized carbons (Fsp3) is 0.385. The van der Waals surface area contributed by atoms with Crippen molar-refractivity contribution in [1.82, 2.24) is 10.2 Å². The molecule has 2 N–H and O–H groups in total. The summed E-state index contributed by atoms with van der Waals surface area (Å²) in [7, 11) is 1.68. The Bertz CT molecular complexity index is 559. The predicted octanol–water partition coefficient (Wildman–Crippen LogP) is 3.45. The van der Waals surface area contributed by atoms with Crippen molar-refractivity contribution in [2.45, 2.75) is 26.9 Å². The molecule has 2 rings (SSSR count). The second-order valence-electron chi connectivity index (χ2n) is 4.18. The maximum Gasteiger partial charge on any atom is 0.175 e. The summed E-state index contributed by atoms with van der Waals surface area (Å²) in [6.07, 6.45) is 2.00. The van der Waals surface area contributed by atoms with E-state index in [1.165, 1.54) is 0 Å². The molecule has 0 spiro atoms. The van der Waals surface area contributed by atoms with Gasteiger partial charge < -0.3 is 10.5 Å². The van der Waals surface area contributed by atoms with Crippen LogP contribution in [0.4, 0.5) is 0 Å². The zero-order chi connectivity index (χ0) is 14.5. The maximum absolute atomic E-state index is 6.15. The van der Waals surface area contributed by atoms with Crippen LogP contribution in [0.5, 0.6) is 5.75 Å². The summed E-state index contributed by atoms with van der Waals surface area (Å²) < 4.78 is 7.34. The Morgan fingerprint density at radius 3 is 2.55 bits per heavy atom. The highest BCUT2D eigenvalue weighted by atomic mass is 32.2. The number of nitrogens with zero attached hydrogens (tertiary/aromatic N) is 2. The van der Waals surface area contributed by atoms with E-state index in [9.17, 15) is 0 Å². The number of benzene rings is 1. The lowest BCUT2D eigenvalue weighted by molar-refractivity contribution is 0.408. The minimum Gasteiger partial charge on any atom is -0.496 e. The van der Waals surface area contributed by atoms with Gasteiger partial charge in [0.1, 0.15) is 5.75 Å². The topological polar surface area (TPSA) is 61.0 Å². The normalized spacial score (nSPS) is 14.0. The summed E-state index contributed by atoms with van der Waals surface area (Å²) in [5.41, 5.74) is 7.25. The lowest BCUT2D eigenvalue weighted by Crippen LogP contribution is -2.23. The Kier molecular flexibility index (Phi) is 5.71. The van der Waals surface area contributed by atoms with Gasteiger partial charge in [-0.2, -0.15) is 0 Å². The first-order valence-electron chi connectivity index (χ1n) is 6.08. The third-order valence-corrected chi connectivity index (χ3v) is 6.17. The Balaban J connectivity index is 2.27. The number of methoxy groups -OCH3 is 1. The van der Waals surface area contributed by atoms with Gasteiger partial charge in [0.15, 0.2) is 8.68 Å². The van der Waals surface area contributed by atoms with Crippen LogP contribution in [0.3, 0.4) is 0 Å². The largest absolute Gasteiger partial charge is 0.496 e. The number of nitrogens with two attached hydrogens (primary N) is 1. The van der Waals surface area contributed by atoms with Crippen molar-refractivity contribution in [3.8, 4) is 5.75 Å². The fourth-order valence-electron chi connectivity index (χ4n) is 1.79. The molecule has 7 heteroatoms. The number of rotatable bonds is 6. The molecule has 2 unspecified atom stereocenters. The van der Waals surface area contributed by atoms with E-state index < -0.39 is 0 Å². The van der Waals surface area contributed by atoms with E-state index in [2.05, 4.69) is 16.3 Å². The average Bonchev–Trinajstić information content (AvgIpc) is 2.92. The van der Waals surface area contributed by atoms with Crippen molar-refractivity contribution >= 4 is 34.9 Å². The third kappa shape index (κ3) is 3.66. The first kappa shape index (κ1) is 15.6. The Labute approximate surface area is 131 Å². The van der Waals surface area contributed by atoms with Gasteiger partial charge in [0, 0.05) is 11.6 Å². The SMILES string of the molecule is COc1ccccc1C(Sc1nnc(SC)s1)C(C)N. The number of thioether (sulfide) groups is 2. The molecule has 1 aromatic heterocycles. The first-order chi connectivity index (χ1) is 9.65. The van der Waals surface area contributed by atoms with E-state index in [1.807, 2.05) is 31.4 Å². The molecule has 0 saturated carbocycles. The van der Waals surface area contributed by atoms with Crippen LogP contribution in [-0.4, -0.2) is 29.6 Å². The number of para-hydroxylation sites is 1. The van der Waals surface area contributed by atoms with Crippen molar-refractivity contribution < 1.29 is 4.74 Å². The van der Waals surface area contributed by atoms with Gasteiger partial charge in [-0.3, -0.25) is 0 Å². The van der Waals surface area contributed by atoms with Crippen molar-refractivity contribution in [2.24, 2.45) is 5.73 Å². The number of ether oxygens (including phenoxy) is 1. The van der Waals surface area contributed by atoms with Gasteiger partial charge in [-0.1, -0.05) is 53.1 Å². The molecule has 0 aliphatic rings. The number of hydrogen-bond donors (Lipinski definition) is 1. The van der Waals surface area contributed by atoms with Gasteiger partial charge in [-0.15, -0.1) is 10.2 Å². The van der Waals surface area contributed by atoms with Crippen LogP contribution in [-0.2, 0) is 0 Å². The van der Waals surface area contributed by atoms with E-state index >= 15 is 0 Å². The molecule has 108 valence electrons. The smallest absolute Gasteiger partial charge is 0.175 e. The molecule has 2 aromatic rings. The number of hydrogen-bond acceptors (Lipinski definition) is 7. The summed E-state index contributed by atoms with van der Waals surface area (Å²) in [5.74, 6) is 0.858. The second-order valence-corrected chi connectivity index (χ2v) is 7.60. The lowest BCUT2D eigenvalue weighted by atomic mass is 10.1. The van der Waals surface area contributed by atoms with Crippen LogP contribution in [0.2, 0.25) is 0 Å². The lowest BCUT2D eigenvalue weighted by Gasteiger charge is -2.21. The molecule has 0 saturated heterocycles. The van der Waals surface area contributed by atoms with Crippen molar-refractivity contribution in [2.75, 3.05) is 13.4 Å². The van der Waals surface area contributed by atoms with Crippen LogP contribution in [0.1, 0.15) is 17.7 Å². The molecule has 0 radical (unpaired) electrons. The molecule has 0 amide bonds. The molecule has 1 heterocycles. The third-order valence-electron chi connectivity index (χ3n) is 2.71. The Morgan fingerprint density at radius 2 is 1.95 bits per heavy atom. The van der Waals surface area contributed by atoms with E-state index in [1.54, 1.807) is 42.0 Å². The molecule has 0 bridgehead atoms. The average molecular weight is 328 g/mol. The van der Waals surface area contributed by atoms with Crippen LogP contribution in [0.25, 0.3) is 0 Å². The summed E-state index contributed by atoms with van der Waals surface area (Å²) in [5, 5.41) is 8.42. The van der Waals surface area contributed by atoms with Crippen LogP contribution >= 0.6 is 34.9 Å². The van der Waals surface area contributed by atoms with Crippen molar-refractivity contribution in [3.05, 3.63) is 29.8 Å². The van der Waals surface area contributed by atoms with Gasteiger partial charge in [0.05, 0.1) is 12.4 Å². The van der Waals surface area contributed by atoms with E-state index in [0.29, 0.717) is 0 Å². The standard InChI is InChI=1S/C13H17N3OS3/c1-8(14)11(9-6-4-5-7-10(9)17-2)19-13-16-15-12(18-3)20-13/h4-8,11H,14H2,1-3H3. The molecular weight excluding hydrogens is 310 g/mol. The van der Waals surface area contributed by atoms with Gasteiger partial charge in [0.25, 0.3) is 0 Å². The first-order valence-corrected chi connectivity index (χ1v) is 9.00. The minimum atomic E-state index is -0.0158. The highest BCUT2D eigenvalue weighted by Crippen LogP contribution is 2.42. The van der Waals surface area contributed by atoms with Crippen LogP contribution in [0.15, 0.2) is 32.9 Å². The highest BCUT2D eigenvalue weighted by Gasteiger charge is 2.23. The van der Waals surface area contributed by atoms with E-state index in [4.69, 9.17) is 10.5 Å². The Morgan fingerprint density at radius 1 is 1.25 bits per heavy atom. The molecule has 0 fully saturated rings. The minimum absolute atomic E-state index is 0.0158. The predicted molar refractivity (Wildman–Crippen MR) is 86.9 cm³/mol. The van der Waals surface area contributed by atoms with Crippen molar-refractivity contribution in [1.29, 1.82) is 0 Å². The highest BCUT2D eigenvalue weighted by molar-refractivity contribution is 8.03. The van der Waals surface area contributed by atoms with Crippen molar-refractivity contribution in [3.63, 3.8) is 0 Å². The zero-order valence-corrected chi connectivity index (χ0v) is 14.0. The molecule has 20 heavy (non-hydrogen) atoms. The Hall–Kier alpha value is -0.760. The summed E-state index contributed by atoms with van der Waals surface area (Å²) in [6.45, 7) is 2.00. The molecular formula is C13H17N3OS3. The monoisotopic (exact) mass is 327 g/mol. The van der Waals surface area contributed by atoms with E-state index in [0.717, 1.165) is 20.0 Å². The number of aromatic nitrogens is 2. The second kappa shape index (κ2) is 7.31. The quantitative estimate of drug-likeness (QED) is 0.820. The zero-order valence-electron chi connectivity index (χ0n) is 11.6. The van der Waals surface area contributed by atoms with Crippen LogP contribution < -0.4 is 10.5 Å². The van der Waals surface area contributed by atoms with E-state index in [-0.39, 0.29) is 11.3 Å². The summed E-state index contributed by atoms with van der Waals surface area (Å²) >= 11 is 4.84.